The van der Waals surface area contributed by atoms with E-state index in [2.05, 4.69) is 10.1 Å². The maximum Gasteiger partial charge on any atom is 0.573 e. The number of alkyl halides is 3. The number of hydrogen-bond donors (Lipinski definition) is 2. The van der Waals surface area contributed by atoms with Crippen LogP contribution in [0.3, 0.4) is 0 Å². The Balaban J connectivity index is 1.75. The van der Waals surface area contributed by atoms with Gasteiger partial charge in [-0.1, -0.05) is 12.1 Å². The number of rotatable bonds is 6. The van der Waals surface area contributed by atoms with Crippen molar-refractivity contribution in [2.45, 2.75) is 30.1 Å². The second kappa shape index (κ2) is 7.74. The topological polar surface area (TPSA) is 102 Å². The molecule has 3 rings (SSSR count). The van der Waals surface area contributed by atoms with Gasteiger partial charge < -0.3 is 10.1 Å². The summed E-state index contributed by atoms with van der Waals surface area (Å²) in [7, 11) is -4.39. The molecule has 0 atom stereocenters. The van der Waals surface area contributed by atoms with Crippen molar-refractivity contribution in [2.24, 2.45) is 0 Å². The molecule has 29 heavy (non-hydrogen) atoms. The Bertz CT molecular complexity index is 1030. The molecule has 1 aliphatic rings. The number of nitrogens with one attached hydrogen (secondary N) is 2. The van der Waals surface area contributed by atoms with E-state index in [4.69, 9.17) is 0 Å². The molecule has 1 fully saturated rings. The summed E-state index contributed by atoms with van der Waals surface area (Å²) in [5.74, 6) is -2.47. The van der Waals surface area contributed by atoms with E-state index in [0.29, 0.717) is 0 Å². The van der Waals surface area contributed by atoms with Crippen LogP contribution in [0.2, 0.25) is 0 Å². The van der Waals surface area contributed by atoms with Crippen molar-refractivity contribution < 1.29 is 35.9 Å². The Kier molecular flexibility index (Phi) is 5.51. The fourth-order valence-corrected chi connectivity index (χ4v) is 3.35. The van der Waals surface area contributed by atoms with Crippen molar-refractivity contribution in [2.75, 3.05) is 0 Å². The van der Waals surface area contributed by atoms with E-state index in [1.165, 1.54) is 24.3 Å². The van der Waals surface area contributed by atoms with Gasteiger partial charge in [0.2, 0.25) is 0 Å². The normalized spacial score (nSPS) is 14.2. The van der Waals surface area contributed by atoms with Crippen molar-refractivity contribution in [3.05, 3.63) is 59.7 Å². The van der Waals surface area contributed by atoms with Crippen LogP contribution in [0.15, 0.2) is 53.4 Å². The predicted octanol–water partition coefficient (Wildman–Crippen LogP) is 2.60. The van der Waals surface area contributed by atoms with Crippen molar-refractivity contribution >= 4 is 21.8 Å². The first kappa shape index (κ1) is 20.6. The van der Waals surface area contributed by atoms with Crippen LogP contribution < -0.4 is 14.8 Å². The number of sulfonamides is 1. The lowest BCUT2D eigenvalue weighted by molar-refractivity contribution is -0.274. The third-order valence-corrected chi connectivity index (χ3v) is 5.27. The molecule has 0 unspecified atom stereocenters. The molecule has 0 aromatic heterocycles. The van der Waals surface area contributed by atoms with Crippen LogP contribution in [0, 0.1) is 0 Å². The first-order chi connectivity index (χ1) is 13.5. The predicted molar refractivity (Wildman–Crippen MR) is 94.7 cm³/mol. The molecular formula is C18H15F3N2O5S. The first-order valence-corrected chi connectivity index (χ1v) is 9.86. The molecule has 2 amide bonds. The lowest BCUT2D eigenvalue weighted by atomic mass is 10.2. The van der Waals surface area contributed by atoms with Crippen molar-refractivity contribution in [1.29, 1.82) is 0 Å². The summed E-state index contributed by atoms with van der Waals surface area (Å²) in [5, 5.41) is 2.74. The van der Waals surface area contributed by atoms with E-state index in [-0.39, 0.29) is 22.4 Å². The summed E-state index contributed by atoms with van der Waals surface area (Å²) in [4.78, 5) is 23.8. The lowest BCUT2D eigenvalue weighted by Gasteiger charge is -2.13. The highest BCUT2D eigenvalue weighted by Gasteiger charge is 2.33. The molecule has 1 aliphatic carbocycles. The lowest BCUT2D eigenvalue weighted by Crippen LogP contribution is -2.31. The minimum atomic E-state index is -5.05. The van der Waals surface area contributed by atoms with Gasteiger partial charge in [-0.3, -0.25) is 9.59 Å². The van der Waals surface area contributed by atoms with Gasteiger partial charge in [0.1, 0.15) is 5.75 Å². The molecule has 7 nitrogen and oxygen atoms in total. The SMILES string of the molecule is O=C(NC1CC1)c1ccc(S(=O)(=O)NC(=O)c2ccccc2OC(F)(F)F)cc1. The Hall–Kier alpha value is -3.08. The maximum absolute atomic E-state index is 12.5. The molecule has 1 saturated carbocycles. The second-order valence-electron chi connectivity index (χ2n) is 6.25. The zero-order chi connectivity index (χ0) is 21.2. The number of hydrogen-bond acceptors (Lipinski definition) is 5. The molecule has 154 valence electrons. The van der Waals surface area contributed by atoms with Crippen molar-refractivity contribution in [3.63, 3.8) is 0 Å². The van der Waals surface area contributed by atoms with E-state index in [1.807, 2.05) is 0 Å². The Morgan fingerprint density at radius 2 is 1.59 bits per heavy atom. The Labute approximate surface area is 163 Å². The average molecular weight is 428 g/mol. The molecule has 2 aromatic rings. The van der Waals surface area contributed by atoms with Gasteiger partial charge in [-0.25, -0.2) is 13.1 Å². The number of benzene rings is 2. The van der Waals surface area contributed by atoms with Gasteiger partial charge in [0.25, 0.3) is 21.8 Å². The molecule has 0 saturated heterocycles. The quantitative estimate of drug-likeness (QED) is 0.737. The van der Waals surface area contributed by atoms with E-state index < -0.39 is 33.6 Å². The molecule has 0 bridgehead atoms. The van der Waals surface area contributed by atoms with Crippen LogP contribution in [-0.2, 0) is 10.0 Å². The number of para-hydroxylation sites is 1. The maximum atomic E-state index is 12.5. The van der Waals surface area contributed by atoms with Crippen molar-refractivity contribution in [1.82, 2.24) is 10.0 Å². The molecule has 2 N–H and O–H groups in total. The number of ether oxygens (including phenoxy) is 1. The van der Waals surface area contributed by atoms with Gasteiger partial charge in [-0.15, -0.1) is 13.2 Å². The van der Waals surface area contributed by atoms with Gasteiger partial charge in [0.05, 0.1) is 10.5 Å². The fraction of sp³-hybridized carbons (Fsp3) is 0.222. The minimum Gasteiger partial charge on any atom is -0.405 e. The monoisotopic (exact) mass is 428 g/mol. The molecule has 11 heteroatoms. The minimum absolute atomic E-state index is 0.129. The molecular weight excluding hydrogens is 413 g/mol. The van der Waals surface area contributed by atoms with Crippen LogP contribution in [0.4, 0.5) is 13.2 Å². The first-order valence-electron chi connectivity index (χ1n) is 8.38. The highest BCUT2D eigenvalue weighted by Crippen LogP contribution is 2.26. The second-order valence-corrected chi connectivity index (χ2v) is 7.93. The zero-order valence-corrected chi connectivity index (χ0v) is 15.5. The molecule has 0 spiro atoms. The molecule has 0 heterocycles. The van der Waals surface area contributed by atoms with Crippen LogP contribution in [0.5, 0.6) is 5.75 Å². The fourth-order valence-electron chi connectivity index (χ4n) is 2.39. The third kappa shape index (κ3) is 5.47. The Morgan fingerprint density at radius 1 is 0.966 bits per heavy atom. The zero-order valence-electron chi connectivity index (χ0n) is 14.7. The number of amides is 2. The van der Waals surface area contributed by atoms with E-state index in [9.17, 15) is 31.2 Å². The Morgan fingerprint density at radius 3 is 2.17 bits per heavy atom. The van der Waals surface area contributed by atoms with E-state index in [1.54, 1.807) is 4.72 Å². The van der Waals surface area contributed by atoms with Gasteiger partial charge in [-0.05, 0) is 49.2 Å². The standard InChI is InChI=1S/C18H15F3N2O5S/c19-18(20,21)28-15-4-2-1-3-14(15)17(25)23-29(26,27)13-9-5-11(6-10-13)16(24)22-12-7-8-12/h1-6,9-10,12H,7-8H2,(H,22,24)(H,23,25). The average Bonchev–Trinajstić information content (AvgIpc) is 3.44. The highest BCUT2D eigenvalue weighted by molar-refractivity contribution is 7.90. The van der Waals surface area contributed by atoms with E-state index >= 15 is 0 Å². The molecule has 0 radical (unpaired) electrons. The van der Waals surface area contributed by atoms with Gasteiger partial charge in [-0.2, -0.15) is 0 Å². The summed E-state index contributed by atoms with van der Waals surface area (Å²) in [6.45, 7) is 0. The van der Waals surface area contributed by atoms with Crippen LogP contribution >= 0.6 is 0 Å². The van der Waals surface area contributed by atoms with E-state index in [0.717, 1.165) is 37.1 Å². The summed E-state index contributed by atoms with van der Waals surface area (Å²) in [6, 6.07) is 9.28. The van der Waals surface area contributed by atoms with Crippen LogP contribution in [-0.4, -0.2) is 32.6 Å². The van der Waals surface area contributed by atoms with Crippen molar-refractivity contribution in [3.8, 4) is 5.75 Å². The van der Waals surface area contributed by atoms with Crippen LogP contribution in [0.1, 0.15) is 33.6 Å². The summed E-state index contributed by atoms with van der Waals surface area (Å²) in [6.07, 6.45) is -3.26. The largest absolute Gasteiger partial charge is 0.573 e. The number of carbonyl (C=O) groups is 2. The number of carbonyl (C=O) groups excluding carboxylic acids is 2. The van der Waals surface area contributed by atoms with Gasteiger partial charge in [0.15, 0.2) is 0 Å². The summed E-state index contributed by atoms with van der Waals surface area (Å²) < 4.78 is 67.6. The molecule has 0 aliphatic heterocycles. The van der Waals surface area contributed by atoms with Gasteiger partial charge >= 0.3 is 6.36 Å². The van der Waals surface area contributed by atoms with Gasteiger partial charge in [0, 0.05) is 11.6 Å². The summed E-state index contributed by atoms with van der Waals surface area (Å²) >= 11 is 0. The highest BCUT2D eigenvalue weighted by atomic mass is 32.2. The smallest absolute Gasteiger partial charge is 0.405 e. The number of halogens is 3. The third-order valence-electron chi connectivity index (χ3n) is 3.92. The summed E-state index contributed by atoms with van der Waals surface area (Å²) in [5.41, 5.74) is -0.361. The molecule has 2 aromatic carbocycles. The van der Waals surface area contributed by atoms with Crippen LogP contribution in [0.25, 0.3) is 0 Å².